The maximum Gasteiger partial charge on any atom is 0.256 e. The molecule has 0 unspecified atom stereocenters. The summed E-state index contributed by atoms with van der Waals surface area (Å²) in [4.78, 5) is 12.6. The predicted octanol–water partition coefficient (Wildman–Crippen LogP) is 3.82. The van der Waals surface area contributed by atoms with Crippen molar-refractivity contribution in [3.63, 3.8) is 0 Å². The van der Waals surface area contributed by atoms with E-state index in [2.05, 4.69) is 5.32 Å². The summed E-state index contributed by atoms with van der Waals surface area (Å²) in [6.45, 7) is 2.65. The maximum absolute atomic E-state index is 14.0. The van der Waals surface area contributed by atoms with Gasteiger partial charge < -0.3 is 5.32 Å². The number of hydrogen-bond donors (Lipinski definition) is 1. The van der Waals surface area contributed by atoms with Crippen molar-refractivity contribution in [1.82, 2.24) is 4.31 Å². The molecule has 138 valence electrons. The third-order valence-corrected chi connectivity index (χ3v) is 6.54. The largest absolute Gasteiger partial charge is 0.319 e. The Labute approximate surface area is 156 Å². The Morgan fingerprint density at radius 2 is 1.88 bits per heavy atom. The molecule has 0 aliphatic carbocycles. The standard InChI is InChI=1S/C18H18ClFN2O3S/c1-12-7-8-13(26(24,25)22-9-2-3-10-22)11-14(12)18(23)21-16-6-4-5-15(19)17(16)20/h4-8,11H,2-3,9-10H2,1H3,(H,21,23). The summed E-state index contributed by atoms with van der Waals surface area (Å²) in [5.41, 5.74) is 0.699. The van der Waals surface area contributed by atoms with Gasteiger partial charge in [-0.2, -0.15) is 4.31 Å². The van der Waals surface area contributed by atoms with E-state index in [-0.39, 0.29) is 21.2 Å². The molecule has 2 aromatic carbocycles. The Balaban J connectivity index is 1.92. The molecular formula is C18H18ClFN2O3S. The normalized spacial score (nSPS) is 15.2. The van der Waals surface area contributed by atoms with Gasteiger partial charge in [-0.15, -0.1) is 0 Å². The van der Waals surface area contributed by atoms with E-state index in [9.17, 15) is 17.6 Å². The van der Waals surface area contributed by atoms with Crippen LogP contribution >= 0.6 is 11.6 Å². The number of halogens is 2. The molecule has 0 aromatic heterocycles. The van der Waals surface area contributed by atoms with Crippen molar-refractivity contribution < 1.29 is 17.6 Å². The minimum atomic E-state index is -3.64. The lowest BCUT2D eigenvalue weighted by molar-refractivity contribution is 0.102. The van der Waals surface area contributed by atoms with Crippen molar-refractivity contribution in [2.45, 2.75) is 24.7 Å². The third kappa shape index (κ3) is 3.60. The average Bonchev–Trinajstić information content (AvgIpc) is 3.14. The molecule has 26 heavy (non-hydrogen) atoms. The molecule has 1 N–H and O–H groups in total. The number of hydrogen-bond acceptors (Lipinski definition) is 3. The Morgan fingerprint density at radius 1 is 1.19 bits per heavy atom. The van der Waals surface area contributed by atoms with Gasteiger partial charge in [-0.3, -0.25) is 4.79 Å². The first kappa shape index (κ1) is 18.8. The summed E-state index contributed by atoms with van der Waals surface area (Å²) in [6.07, 6.45) is 1.65. The number of amides is 1. The molecule has 2 aromatic rings. The van der Waals surface area contributed by atoms with Crippen LogP contribution in [0.2, 0.25) is 5.02 Å². The van der Waals surface area contributed by atoms with Gasteiger partial charge in [0, 0.05) is 18.7 Å². The highest BCUT2D eigenvalue weighted by Gasteiger charge is 2.28. The van der Waals surface area contributed by atoms with Crippen molar-refractivity contribution >= 4 is 33.2 Å². The van der Waals surface area contributed by atoms with Crippen molar-refractivity contribution in [2.75, 3.05) is 18.4 Å². The Morgan fingerprint density at radius 3 is 2.58 bits per heavy atom. The number of nitrogens with one attached hydrogen (secondary N) is 1. The number of sulfonamides is 1. The molecule has 0 bridgehead atoms. The second-order valence-corrected chi connectivity index (χ2v) is 8.49. The predicted molar refractivity (Wildman–Crippen MR) is 98.5 cm³/mol. The van der Waals surface area contributed by atoms with Gasteiger partial charge in [-0.25, -0.2) is 12.8 Å². The van der Waals surface area contributed by atoms with Crippen molar-refractivity contribution in [3.05, 3.63) is 58.4 Å². The van der Waals surface area contributed by atoms with Crippen molar-refractivity contribution in [3.8, 4) is 0 Å². The van der Waals surface area contributed by atoms with Gasteiger partial charge in [0.1, 0.15) is 0 Å². The van der Waals surface area contributed by atoms with Crippen LogP contribution in [0.15, 0.2) is 41.3 Å². The van der Waals surface area contributed by atoms with Gasteiger partial charge in [-0.05, 0) is 49.6 Å². The number of benzene rings is 2. The van der Waals surface area contributed by atoms with Crippen LogP contribution in [0.5, 0.6) is 0 Å². The number of rotatable bonds is 4. The topological polar surface area (TPSA) is 66.5 Å². The molecule has 1 amide bonds. The Hall–Kier alpha value is -1.96. The van der Waals surface area contributed by atoms with Crippen LogP contribution in [-0.4, -0.2) is 31.7 Å². The van der Waals surface area contributed by atoms with Crippen LogP contribution in [0.25, 0.3) is 0 Å². The van der Waals surface area contributed by atoms with E-state index in [1.807, 2.05) is 0 Å². The monoisotopic (exact) mass is 396 g/mol. The van der Waals surface area contributed by atoms with Gasteiger partial charge >= 0.3 is 0 Å². The second kappa shape index (κ2) is 7.34. The SMILES string of the molecule is Cc1ccc(S(=O)(=O)N2CCCC2)cc1C(=O)Nc1cccc(Cl)c1F. The van der Waals surface area contributed by atoms with Crippen LogP contribution < -0.4 is 5.32 Å². The van der Waals surface area contributed by atoms with E-state index >= 15 is 0 Å². The van der Waals surface area contributed by atoms with E-state index in [1.54, 1.807) is 13.0 Å². The molecule has 1 aliphatic heterocycles. The van der Waals surface area contributed by atoms with E-state index in [4.69, 9.17) is 11.6 Å². The summed E-state index contributed by atoms with van der Waals surface area (Å²) in [5.74, 6) is -1.33. The minimum Gasteiger partial charge on any atom is -0.319 e. The van der Waals surface area contributed by atoms with Gasteiger partial charge in [0.25, 0.3) is 5.91 Å². The third-order valence-electron chi connectivity index (χ3n) is 4.36. The smallest absolute Gasteiger partial charge is 0.256 e. The first-order valence-corrected chi connectivity index (χ1v) is 9.98. The van der Waals surface area contributed by atoms with E-state index < -0.39 is 21.7 Å². The second-order valence-electron chi connectivity index (χ2n) is 6.14. The molecule has 1 aliphatic rings. The van der Waals surface area contributed by atoms with Crippen LogP contribution in [0.4, 0.5) is 10.1 Å². The maximum atomic E-state index is 14.0. The number of carbonyl (C=O) groups excluding carboxylic acids is 1. The summed E-state index contributed by atoms with van der Waals surface area (Å²) in [6, 6.07) is 8.68. The zero-order valence-electron chi connectivity index (χ0n) is 14.1. The number of carbonyl (C=O) groups is 1. The van der Waals surface area contributed by atoms with Crippen molar-refractivity contribution in [1.29, 1.82) is 0 Å². The molecule has 3 rings (SSSR count). The molecule has 1 saturated heterocycles. The molecule has 5 nitrogen and oxygen atoms in total. The first-order valence-electron chi connectivity index (χ1n) is 8.17. The quantitative estimate of drug-likeness (QED) is 0.854. The lowest BCUT2D eigenvalue weighted by Crippen LogP contribution is -2.28. The highest BCUT2D eigenvalue weighted by atomic mass is 35.5. The van der Waals surface area contributed by atoms with Crippen LogP contribution in [0.1, 0.15) is 28.8 Å². The lowest BCUT2D eigenvalue weighted by atomic mass is 10.1. The molecule has 0 spiro atoms. The lowest BCUT2D eigenvalue weighted by Gasteiger charge is -2.17. The summed E-state index contributed by atoms with van der Waals surface area (Å²) in [5, 5.41) is 2.34. The highest BCUT2D eigenvalue weighted by molar-refractivity contribution is 7.89. The van der Waals surface area contributed by atoms with Gasteiger partial charge in [0.2, 0.25) is 10.0 Å². The van der Waals surface area contributed by atoms with E-state index in [0.717, 1.165) is 12.8 Å². The average molecular weight is 397 g/mol. The molecular weight excluding hydrogens is 379 g/mol. The molecule has 0 saturated carbocycles. The first-order chi connectivity index (χ1) is 12.3. The zero-order valence-corrected chi connectivity index (χ0v) is 15.7. The molecule has 0 radical (unpaired) electrons. The fourth-order valence-electron chi connectivity index (χ4n) is 2.87. The summed E-state index contributed by atoms with van der Waals surface area (Å²) < 4.78 is 40.8. The zero-order chi connectivity index (χ0) is 18.9. The van der Waals surface area contributed by atoms with Gasteiger partial charge in [-0.1, -0.05) is 23.7 Å². The highest BCUT2D eigenvalue weighted by Crippen LogP contribution is 2.25. The molecule has 8 heteroatoms. The Kier molecular flexibility index (Phi) is 5.32. The Bertz CT molecular complexity index is 957. The fraction of sp³-hybridized carbons (Fsp3) is 0.278. The fourth-order valence-corrected chi connectivity index (χ4v) is 4.59. The van der Waals surface area contributed by atoms with Crippen molar-refractivity contribution in [2.24, 2.45) is 0 Å². The molecule has 0 atom stereocenters. The van der Waals surface area contributed by atoms with Gasteiger partial charge in [0.15, 0.2) is 5.82 Å². The van der Waals surface area contributed by atoms with Crippen LogP contribution in [-0.2, 0) is 10.0 Å². The minimum absolute atomic E-state index is 0.0571. The number of aryl methyl sites for hydroxylation is 1. The van der Waals surface area contributed by atoms with E-state index in [0.29, 0.717) is 18.7 Å². The van der Waals surface area contributed by atoms with Gasteiger partial charge in [0.05, 0.1) is 15.6 Å². The number of nitrogens with zero attached hydrogens (tertiary/aromatic N) is 1. The molecule has 1 heterocycles. The summed E-state index contributed by atoms with van der Waals surface area (Å²) >= 11 is 5.72. The summed E-state index contributed by atoms with van der Waals surface area (Å²) in [7, 11) is -3.64. The molecule has 1 fully saturated rings. The number of anilines is 1. The van der Waals surface area contributed by atoms with E-state index in [1.165, 1.54) is 34.6 Å². The van der Waals surface area contributed by atoms with Crippen LogP contribution in [0.3, 0.4) is 0 Å². The van der Waals surface area contributed by atoms with Crippen LogP contribution in [0, 0.1) is 12.7 Å².